The molecule has 8 heteroatoms. The summed E-state index contributed by atoms with van der Waals surface area (Å²) >= 11 is 0. The topological polar surface area (TPSA) is 76.6 Å². The van der Waals surface area contributed by atoms with Crippen LogP contribution in [0, 0.1) is 11.7 Å². The van der Waals surface area contributed by atoms with Gasteiger partial charge in [-0.15, -0.1) is 0 Å². The van der Waals surface area contributed by atoms with Gasteiger partial charge >= 0.3 is 0 Å². The van der Waals surface area contributed by atoms with Crippen LogP contribution in [0.3, 0.4) is 0 Å². The van der Waals surface area contributed by atoms with E-state index in [0.29, 0.717) is 49.4 Å². The van der Waals surface area contributed by atoms with Crippen molar-refractivity contribution in [3.63, 3.8) is 0 Å². The number of hydrogen-bond acceptors (Lipinski definition) is 6. The van der Waals surface area contributed by atoms with Crippen LogP contribution in [0.4, 0.5) is 16.0 Å². The van der Waals surface area contributed by atoms with Gasteiger partial charge in [-0.25, -0.2) is 14.4 Å². The molecule has 1 amide bonds. The summed E-state index contributed by atoms with van der Waals surface area (Å²) in [5, 5.41) is 2.99. The zero-order valence-corrected chi connectivity index (χ0v) is 17.5. The first kappa shape index (κ1) is 20.2. The molecule has 1 N–H and O–H groups in total. The number of rotatable bonds is 4. The van der Waals surface area contributed by atoms with Gasteiger partial charge in [0.2, 0.25) is 11.9 Å². The molecule has 3 aromatic rings. The Hall–Kier alpha value is -3.68. The molecular weight excluding hydrogens is 411 g/mol. The van der Waals surface area contributed by atoms with Crippen molar-refractivity contribution in [1.82, 2.24) is 9.97 Å². The lowest BCUT2D eigenvalue weighted by Crippen LogP contribution is -2.39. The zero-order chi connectivity index (χ0) is 21.9. The number of halogens is 1. The average molecular weight is 434 g/mol. The Morgan fingerprint density at radius 2 is 1.62 bits per heavy atom. The van der Waals surface area contributed by atoms with Gasteiger partial charge in [0.1, 0.15) is 19.0 Å². The standard InChI is InChI=1S/C24H23FN4O3/c25-19-3-1-16(2-4-19)18-14-26-24(27-15-18)29-9-7-17(8-10-29)23(30)28-20-5-6-21-22(13-20)32-12-11-31-21/h1-6,13-15,17H,7-12H2,(H,28,30). The molecule has 1 saturated heterocycles. The fourth-order valence-electron chi connectivity index (χ4n) is 3.98. The number of carbonyl (C=O) groups excluding carboxylic acids is 1. The number of amides is 1. The van der Waals surface area contributed by atoms with E-state index in [-0.39, 0.29) is 17.6 Å². The summed E-state index contributed by atoms with van der Waals surface area (Å²) in [6, 6.07) is 11.7. The number of hydrogen-bond donors (Lipinski definition) is 1. The maximum atomic E-state index is 13.1. The van der Waals surface area contributed by atoms with E-state index in [1.54, 1.807) is 30.6 Å². The van der Waals surface area contributed by atoms with Crippen LogP contribution in [0.1, 0.15) is 12.8 Å². The smallest absolute Gasteiger partial charge is 0.227 e. The van der Waals surface area contributed by atoms with Gasteiger partial charge in [0.05, 0.1) is 0 Å². The summed E-state index contributed by atoms with van der Waals surface area (Å²) in [7, 11) is 0. The third-order valence-electron chi connectivity index (χ3n) is 5.77. The Labute approximate surface area is 185 Å². The number of anilines is 2. The van der Waals surface area contributed by atoms with Crippen LogP contribution in [0.25, 0.3) is 11.1 Å². The van der Waals surface area contributed by atoms with Crippen LogP contribution in [0.2, 0.25) is 0 Å². The normalized spacial score (nSPS) is 16.0. The fourth-order valence-corrected chi connectivity index (χ4v) is 3.98. The molecule has 0 saturated carbocycles. The quantitative estimate of drug-likeness (QED) is 0.671. The Kier molecular flexibility index (Phi) is 5.58. The van der Waals surface area contributed by atoms with E-state index in [9.17, 15) is 9.18 Å². The van der Waals surface area contributed by atoms with E-state index >= 15 is 0 Å². The van der Waals surface area contributed by atoms with Crippen molar-refractivity contribution in [3.8, 4) is 22.6 Å². The molecule has 3 heterocycles. The number of benzene rings is 2. The monoisotopic (exact) mass is 434 g/mol. The maximum Gasteiger partial charge on any atom is 0.227 e. The largest absolute Gasteiger partial charge is 0.486 e. The number of nitrogens with one attached hydrogen (secondary N) is 1. The van der Waals surface area contributed by atoms with Crippen molar-refractivity contribution in [3.05, 3.63) is 60.7 Å². The molecule has 1 aromatic heterocycles. The molecule has 0 aliphatic carbocycles. The van der Waals surface area contributed by atoms with Crippen molar-refractivity contribution in [1.29, 1.82) is 0 Å². The minimum atomic E-state index is -0.271. The molecule has 0 radical (unpaired) electrons. The lowest BCUT2D eigenvalue weighted by molar-refractivity contribution is -0.120. The van der Waals surface area contributed by atoms with Crippen molar-refractivity contribution >= 4 is 17.5 Å². The van der Waals surface area contributed by atoms with Crippen molar-refractivity contribution in [2.45, 2.75) is 12.8 Å². The van der Waals surface area contributed by atoms with E-state index in [4.69, 9.17) is 9.47 Å². The van der Waals surface area contributed by atoms with E-state index in [1.165, 1.54) is 12.1 Å². The van der Waals surface area contributed by atoms with Crippen LogP contribution < -0.4 is 19.7 Å². The number of fused-ring (bicyclic) bond motifs is 1. The fraction of sp³-hybridized carbons (Fsp3) is 0.292. The van der Waals surface area contributed by atoms with Gasteiger partial charge in [-0.3, -0.25) is 4.79 Å². The molecule has 0 bridgehead atoms. The third-order valence-corrected chi connectivity index (χ3v) is 5.77. The van der Waals surface area contributed by atoms with Crippen molar-refractivity contribution in [2.24, 2.45) is 5.92 Å². The molecule has 0 unspecified atom stereocenters. The summed E-state index contributed by atoms with van der Waals surface area (Å²) < 4.78 is 24.2. The summed E-state index contributed by atoms with van der Waals surface area (Å²) in [6.07, 6.45) is 4.94. The van der Waals surface area contributed by atoms with E-state index in [0.717, 1.165) is 24.0 Å². The Balaban J connectivity index is 1.17. The molecule has 0 spiro atoms. The Morgan fingerprint density at radius 1 is 0.938 bits per heavy atom. The Morgan fingerprint density at radius 3 is 2.34 bits per heavy atom. The van der Waals surface area contributed by atoms with Crippen LogP contribution in [0.15, 0.2) is 54.9 Å². The van der Waals surface area contributed by atoms with Crippen molar-refractivity contribution < 1.29 is 18.7 Å². The van der Waals surface area contributed by atoms with E-state index in [1.807, 2.05) is 12.1 Å². The van der Waals surface area contributed by atoms with Crippen LogP contribution >= 0.6 is 0 Å². The second-order valence-electron chi connectivity index (χ2n) is 7.89. The highest BCUT2D eigenvalue weighted by Gasteiger charge is 2.26. The summed E-state index contributed by atoms with van der Waals surface area (Å²) in [6.45, 7) is 2.45. The zero-order valence-electron chi connectivity index (χ0n) is 17.5. The number of nitrogens with zero attached hydrogens (tertiary/aromatic N) is 3. The minimum Gasteiger partial charge on any atom is -0.486 e. The molecule has 164 valence electrons. The van der Waals surface area contributed by atoms with Crippen molar-refractivity contribution in [2.75, 3.05) is 36.5 Å². The molecule has 32 heavy (non-hydrogen) atoms. The van der Waals surface area contributed by atoms with Crippen LogP contribution in [-0.4, -0.2) is 42.2 Å². The highest BCUT2D eigenvalue weighted by molar-refractivity contribution is 5.93. The summed E-state index contributed by atoms with van der Waals surface area (Å²) in [5.74, 6) is 1.67. The van der Waals surface area contributed by atoms with E-state index in [2.05, 4.69) is 20.2 Å². The van der Waals surface area contributed by atoms with Gasteiger partial charge in [-0.05, 0) is 42.7 Å². The van der Waals surface area contributed by atoms with Gasteiger partial charge < -0.3 is 19.7 Å². The number of aromatic nitrogens is 2. The minimum absolute atomic E-state index is 0.00824. The summed E-state index contributed by atoms with van der Waals surface area (Å²) in [4.78, 5) is 23.8. The second kappa shape index (κ2) is 8.82. The predicted octanol–water partition coefficient (Wildman–Crippen LogP) is 3.91. The lowest BCUT2D eigenvalue weighted by Gasteiger charge is -2.31. The predicted molar refractivity (Wildman–Crippen MR) is 118 cm³/mol. The highest BCUT2D eigenvalue weighted by Crippen LogP contribution is 2.33. The van der Waals surface area contributed by atoms with Crippen LogP contribution in [-0.2, 0) is 4.79 Å². The highest BCUT2D eigenvalue weighted by atomic mass is 19.1. The molecule has 1 fully saturated rings. The maximum absolute atomic E-state index is 13.1. The van der Waals surface area contributed by atoms with Gasteiger partial charge in [0.25, 0.3) is 0 Å². The van der Waals surface area contributed by atoms with Gasteiger partial charge in [-0.2, -0.15) is 0 Å². The average Bonchev–Trinajstić information content (AvgIpc) is 2.85. The first-order chi connectivity index (χ1) is 15.7. The number of piperidine rings is 1. The molecule has 2 aliphatic heterocycles. The second-order valence-corrected chi connectivity index (χ2v) is 7.89. The number of ether oxygens (including phenoxy) is 2. The Bertz CT molecular complexity index is 1100. The molecule has 0 atom stereocenters. The van der Waals surface area contributed by atoms with Gasteiger partial charge in [0.15, 0.2) is 11.5 Å². The molecule has 2 aromatic carbocycles. The molecule has 2 aliphatic rings. The first-order valence-electron chi connectivity index (χ1n) is 10.7. The lowest BCUT2D eigenvalue weighted by atomic mass is 9.96. The van der Waals surface area contributed by atoms with E-state index < -0.39 is 0 Å². The molecule has 5 rings (SSSR count). The third kappa shape index (κ3) is 4.34. The van der Waals surface area contributed by atoms with Gasteiger partial charge in [0, 0.05) is 48.7 Å². The SMILES string of the molecule is O=C(Nc1ccc2c(c1)OCCO2)C1CCN(c2ncc(-c3ccc(F)cc3)cn2)CC1. The molecule has 7 nitrogen and oxygen atoms in total. The molecular formula is C24H23FN4O3. The first-order valence-corrected chi connectivity index (χ1v) is 10.7. The van der Waals surface area contributed by atoms with Gasteiger partial charge in [-0.1, -0.05) is 12.1 Å². The number of carbonyl (C=O) groups is 1. The van der Waals surface area contributed by atoms with Crippen LogP contribution in [0.5, 0.6) is 11.5 Å². The summed E-state index contributed by atoms with van der Waals surface area (Å²) in [5.41, 5.74) is 2.41.